The van der Waals surface area contributed by atoms with Crippen LogP contribution >= 0.6 is 0 Å². The van der Waals surface area contributed by atoms with Gasteiger partial charge >= 0.3 is 6.03 Å². The summed E-state index contributed by atoms with van der Waals surface area (Å²) in [6.45, 7) is 7.79. The molecule has 1 saturated heterocycles. The van der Waals surface area contributed by atoms with E-state index in [1.807, 2.05) is 36.9 Å². The summed E-state index contributed by atoms with van der Waals surface area (Å²) in [6, 6.07) is 9.98. The van der Waals surface area contributed by atoms with E-state index >= 15 is 0 Å². The second kappa shape index (κ2) is 9.84. The Hall–Kier alpha value is -2.34. The van der Waals surface area contributed by atoms with Crippen LogP contribution in [0.4, 0.5) is 4.79 Å². The number of piperazine rings is 1. The highest BCUT2D eigenvalue weighted by molar-refractivity contribution is 5.84. The second-order valence-corrected chi connectivity index (χ2v) is 6.48. The largest absolute Gasteiger partial charge is 0.339 e. The molecule has 6 nitrogen and oxygen atoms in total. The summed E-state index contributed by atoms with van der Waals surface area (Å²) in [7, 11) is 0. The highest BCUT2D eigenvalue weighted by Crippen LogP contribution is 2.04. The standard InChI is InChI=1S/C19H28N4O2/c1-16(2)21-19(25)20-15-18(24)23-13-11-22(12-14-23)10-6-9-17-7-4-3-5-8-17/h3-9,16H,10-15H2,1-2H3,(H2,20,21,25)/b9-6+. The van der Waals surface area contributed by atoms with Gasteiger partial charge in [0.2, 0.25) is 5.91 Å². The van der Waals surface area contributed by atoms with Crippen molar-refractivity contribution in [3.8, 4) is 0 Å². The lowest BCUT2D eigenvalue weighted by Gasteiger charge is -2.34. The molecule has 1 aromatic rings. The molecule has 2 N–H and O–H groups in total. The average Bonchev–Trinajstić information content (AvgIpc) is 2.60. The molecular weight excluding hydrogens is 316 g/mol. The molecule has 0 spiro atoms. The predicted molar refractivity (Wildman–Crippen MR) is 100 cm³/mol. The van der Waals surface area contributed by atoms with Crippen molar-refractivity contribution >= 4 is 18.0 Å². The minimum atomic E-state index is -0.298. The third kappa shape index (κ3) is 6.97. The van der Waals surface area contributed by atoms with E-state index in [0.29, 0.717) is 13.1 Å². The minimum absolute atomic E-state index is 0.0293. The van der Waals surface area contributed by atoms with Crippen LogP contribution in [-0.2, 0) is 4.79 Å². The molecule has 0 aromatic heterocycles. The zero-order chi connectivity index (χ0) is 18.1. The number of hydrogen-bond donors (Lipinski definition) is 2. The van der Waals surface area contributed by atoms with Gasteiger partial charge in [-0.2, -0.15) is 0 Å². The SMILES string of the molecule is CC(C)NC(=O)NCC(=O)N1CCN(C/C=C/c2ccccc2)CC1. The summed E-state index contributed by atoms with van der Waals surface area (Å²) in [5.74, 6) is -0.0293. The minimum Gasteiger partial charge on any atom is -0.339 e. The number of benzene rings is 1. The molecule has 1 heterocycles. The number of nitrogens with one attached hydrogen (secondary N) is 2. The van der Waals surface area contributed by atoms with Gasteiger partial charge in [-0.15, -0.1) is 0 Å². The van der Waals surface area contributed by atoms with Gasteiger partial charge in [0.15, 0.2) is 0 Å². The fourth-order valence-corrected chi connectivity index (χ4v) is 2.66. The first kappa shape index (κ1) is 19.0. The van der Waals surface area contributed by atoms with Gasteiger partial charge in [-0.25, -0.2) is 4.79 Å². The van der Waals surface area contributed by atoms with E-state index in [0.717, 1.165) is 19.6 Å². The van der Waals surface area contributed by atoms with Crippen LogP contribution in [0.25, 0.3) is 6.08 Å². The number of carbonyl (C=O) groups excluding carboxylic acids is 2. The fourth-order valence-electron chi connectivity index (χ4n) is 2.66. The predicted octanol–water partition coefficient (Wildman–Crippen LogP) is 1.55. The third-order valence-electron chi connectivity index (χ3n) is 4.02. The molecule has 0 radical (unpaired) electrons. The second-order valence-electron chi connectivity index (χ2n) is 6.48. The molecule has 1 aliphatic heterocycles. The zero-order valence-electron chi connectivity index (χ0n) is 15.1. The maximum Gasteiger partial charge on any atom is 0.315 e. The van der Waals surface area contributed by atoms with Crippen molar-refractivity contribution in [1.82, 2.24) is 20.4 Å². The first-order valence-electron chi connectivity index (χ1n) is 8.80. The highest BCUT2D eigenvalue weighted by atomic mass is 16.2. The van der Waals surface area contributed by atoms with E-state index in [2.05, 4.69) is 39.8 Å². The lowest BCUT2D eigenvalue weighted by molar-refractivity contribution is -0.131. The fraction of sp³-hybridized carbons (Fsp3) is 0.474. The van der Waals surface area contributed by atoms with Crippen LogP contribution < -0.4 is 10.6 Å². The van der Waals surface area contributed by atoms with E-state index in [1.54, 1.807) is 0 Å². The van der Waals surface area contributed by atoms with Gasteiger partial charge in [0, 0.05) is 38.8 Å². The maximum atomic E-state index is 12.1. The van der Waals surface area contributed by atoms with Crippen LogP contribution in [0, 0.1) is 0 Å². The Morgan fingerprint density at radius 2 is 1.80 bits per heavy atom. The molecular formula is C19H28N4O2. The number of urea groups is 1. The van der Waals surface area contributed by atoms with Crippen molar-refractivity contribution in [3.63, 3.8) is 0 Å². The lowest BCUT2D eigenvalue weighted by Crippen LogP contribution is -2.52. The number of rotatable bonds is 6. The Morgan fingerprint density at radius 3 is 2.44 bits per heavy atom. The van der Waals surface area contributed by atoms with Gasteiger partial charge in [-0.05, 0) is 19.4 Å². The molecule has 0 unspecified atom stereocenters. The molecule has 1 aliphatic rings. The van der Waals surface area contributed by atoms with E-state index in [9.17, 15) is 9.59 Å². The van der Waals surface area contributed by atoms with Gasteiger partial charge < -0.3 is 15.5 Å². The van der Waals surface area contributed by atoms with Crippen molar-refractivity contribution in [1.29, 1.82) is 0 Å². The third-order valence-corrected chi connectivity index (χ3v) is 4.02. The summed E-state index contributed by atoms with van der Waals surface area (Å²) in [6.07, 6.45) is 4.28. The Morgan fingerprint density at radius 1 is 1.12 bits per heavy atom. The van der Waals surface area contributed by atoms with E-state index < -0.39 is 0 Å². The maximum absolute atomic E-state index is 12.1. The van der Waals surface area contributed by atoms with Crippen molar-refractivity contribution in [2.75, 3.05) is 39.3 Å². The number of carbonyl (C=O) groups is 2. The van der Waals surface area contributed by atoms with Crippen molar-refractivity contribution in [2.24, 2.45) is 0 Å². The molecule has 0 aliphatic carbocycles. The first-order chi connectivity index (χ1) is 12.0. The van der Waals surface area contributed by atoms with Crippen LogP contribution in [0.2, 0.25) is 0 Å². The molecule has 1 aromatic carbocycles. The van der Waals surface area contributed by atoms with Crippen LogP contribution in [0.5, 0.6) is 0 Å². The van der Waals surface area contributed by atoms with Crippen LogP contribution in [-0.4, -0.2) is 67.0 Å². The first-order valence-corrected chi connectivity index (χ1v) is 8.80. The monoisotopic (exact) mass is 344 g/mol. The number of nitrogens with zero attached hydrogens (tertiary/aromatic N) is 2. The molecule has 25 heavy (non-hydrogen) atoms. The Labute approximate surface area is 149 Å². The Bertz CT molecular complexity index is 578. The Balaban J connectivity index is 1.66. The summed E-state index contributed by atoms with van der Waals surface area (Å²) in [5.41, 5.74) is 1.20. The molecule has 1 fully saturated rings. The summed E-state index contributed by atoms with van der Waals surface area (Å²) in [5, 5.41) is 5.32. The molecule has 3 amide bonds. The van der Waals surface area contributed by atoms with E-state index in [-0.39, 0.29) is 24.5 Å². The van der Waals surface area contributed by atoms with E-state index in [1.165, 1.54) is 5.56 Å². The number of hydrogen-bond acceptors (Lipinski definition) is 3. The van der Waals surface area contributed by atoms with Crippen LogP contribution in [0.1, 0.15) is 19.4 Å². The quantitative estimate of drug-likeness (QED) is 0.823. The molecule has 0 bridgehead atoms. The topological polar surface area (TPSA) is 64.7 Å². The average molecular weight is 344 g/mol. The molecule has 2 rings (SSSR count). The van der Waals surface area contributed by atoms with Gasteiger partial charge in [0.05, 0.1) is 6.54 Å². The van der Waals surface area contributed by atoms with Crippen LogP contribution in [0.3, 0.4) is 0 Å². The van der Waals surface area contributed by atoms with Gasteiger partial charge in [0.25, 0.3) is 0 Å². The molecule has 6 heteroatoms. The lowest BCUT2D eigenvalue weighted by atomic mass is 10.2. The van der Waals surface area contributed by atoms with Gasteiger partial charge in [-0.3, -0.25) is 9.69 Å². The summed E-state index contributed by atoms with van der Waals surface area (Å²) < 4.78 is 0. The van der Waals surface area contributed by atoms with E-state index in [4.69, 9.17) is 0 Å². The molecule has 136 valence electrons. The van der Waals surface area contributed by atoms with Crippen molar-refractivity contribution in [3.05, 3.63) is 42.0 Å². The highest BCUT2D eigenvalue weighted by Gasteiger charge is 2.20. The van der Waals surface area contributed by atoms with Crippen LogP contribution in [0.15, 0.2) is 36.4 Å². The number of amides is 3. The summed E-state index contributed by atoms with van der Waals surface area (Å²) in [4.78, 5) is 27.8. The van der Waals surface area contributed by atoms with Gasteiger partial charge in [0.1, 0.15) is 0 Å². The zero-order valence-corrected chi connectivity index (χ0v) is 15.1. The Kier molecular flexibility index (Phi) is 7.47. The smallest absolute Gasteiger partial charge is 0.315 e. The van der Waals surface area contributed by atoms with Crippen molar-refractivity contribution in [2.45, 2.75) is 19.9 Å². The van der Waals surface area contributed by atoms with Crippen molar-refractivity contribution < 1.29 is 9.59 Å². The summed E-state index contributed by atoms with van der Waals surface area (Å²) >= 11 is 0. The van der Waals surface area contributed by atoms with Gasteiger partial charge in [-0.1, -0.05) is 42.5 Å². The normalized spacial score (nSPS) is 15.6. The molecule has 0 atom stereocenters. The molecule has 0 saturated carbocycles.